The summed E-state index contributed by atoms with van der Waals surface area (Å²) in [5, 5.41) is 0. The van der Waals surface area contributed by atoms with Crippen molar-refractivity contribution in [1.82, 2.24) is 9.38 Å². The fourth-order valence-corrected chi connectivity index (χ4v) is 2.05. The van der Waals surface area contributed by atoms with Gasteiger partial charge in [-0.2, -0.15) is 0 Å². The topological polar surface area (TPSA) is 43.6 Å². The van der Waals surface area contributed by atoms with E-state index in [2.05, 4.69) is 4.98 Å². The SMILES string of the molecule is COC(=O)c1ccn2c(-c3ccccc3)ncc2c1. The largest absolute Gasteiger partial charge is 0.465 e. The summed E-state index contributed by atoms with van der Waals surface area (Å²) in [5.41, 5.74) is 2.42. The fourth-order valence-electron chi connectivity index (χ4n) is 2.05. The van der Waals surface area contributed by atoms with Crippen LogP contribution in [0, 0.1) is 0 Å². The van der Waals surface area contributed by atoms with Crippen molar-refractivity contribution in [2.75, 3.05) is 7.11 Å². The number of pyridine rings is 1. The van der Waals surface area contributed by atoms with E-state index in [1.165, 1.54) is 7.11 Å². The highest BCUT2D eigenvalue weighted by Crippen LogP contribution is 2.20. The van der Waals surface area contributed by atoms with E-state index in [-0.39, 0.29) is 5.97 Å². The van der Waals surface area contributed by atoms with Crippen LogP contribution in [0.25, 0.3) is 16.9 Å². The van der Waals surface area contributed by atoms with E-state index in [1.54, 1.807) is 18.3 Å². The number of methoxy groups -OCH3 is 1. The van der Waals surface area contributed by atoms with Gasteiger partial charge >= 0.3 is 5.97 Å². The summed E-state index contributed by atoms with van der Waals surface area (Å²) in [6.07, 6.45) is 3.58. The smallest absolute Gasteiger partial charge is 0.337 e. The van der Waals surface area contributed by atoms with Crippen LogP contribution in [0.5, 0.6) is 0 Å². The summed E-state index contributed by atoms with van der Waals surface area (Å²) in [6, 6.07) is 13.4. The van der Waals surface area contributed by atoms with Gasteiger partial charge in [-0.15, -0.1) is 0 Å². The van der Waals surface area contributed by atoms with Gasteiger partial charge < -0.3 is 4.74 Å². The zero-order valence-electron chi connectivity index (χ0n) is 10.4. The van der Waals surface area contributed by atoms with Crippen LogP contribution in [0.3, 0.4) is 0 Å². The molecule has 0 bridgehead atoms. The maximum atomic E-state index is 11.5. The van der Waals surface area contributed by atoms with Crippen LogP contribution < -0.4 is 0 Å². The van der Waals surface area contributed by atoms with Crippen LogP contribution >= 0.6 is 0 Å². The van der Waals surface area contributed by atoms with Gasteiger partial charge in [0.1, 0.15) is 5.82 Å². The van der Waals surface area contributed by atoms with Gasteiger partial charge in [-0.25, -0.2) is 9.78 Å². The average Bonchev–Trinajstić information content (AvgIpc) is 2.90. The molecule has 0 aliphatic carbocycles. The quantitative estimate of drug-likeness (QED) is 0.659. The van der Waals surface area contributed by atoms with Gasteiger partial charge in [0.15, 0.2) is 0 Å². The maximum Gasteiger partial charge on any atom is 0.337 e. The Kier molecular flexibility index (Phi) is 2.76. The first-order valence-corrected chi connectivity index (χ1v) is 5.90. The number of hydrogen-bond acceptors (Lipinski definition) is 3. The lowest BCUT2D eigenvalue weighted by Crippen LogP contribution is -2.01. The second-order valence-corrected chi connectivity index (χ2v) is 4.15. The van der Waals surface area contributed by atoms with E-state index in [1.807, 2.05) is 40.9 Å². The molecule has 0 N–H and O–H groups in total. The van der Waals surface area contributed by atoms with Crippen molar-refractivity contribution < 1.29 is 9.53 Å². The van der Waals surface area contributed by atoms with Crippen LogP contribution in [0.1, 0.15) is 10.4 Å². The fraction of sp³-hybridized carbons (Fsp3) is 0.0667. The monoisotopic (exact) mass is 252 g/mol. The Balaban J connectivity index is 2.13. The molecule has 0 unspecified atom stereocenters. The molecule has 2 aromatic heterocycles. The number of rotatable bonds is 2. The lowest BCUT2D eigenvalue weighted by Gasteiger charge is -2.03. The zero-order chi connectivity index (χ0) is 13.2. The van der Waals surface area contributed by atoms with Gasteiger partial charge in [0.05, 0.1) is 24.4 Å². The standard InChI is InChI=1S/C15H12N2O2/c1-19-15(18)12-7-8-17-13(9-12)10-16-14(17)11-5-3-2-4-6-11/h2-10H,1H3. The first-order chi connectivity index (χ1) is 9.29. The highest BCUT2D eigenvalue weighted by Gasteiger charge is 2.09. The van der Waals surface area contributed by atoms with Crippen molar-refractivity contribution in [3.05, 3.63) is 60.4 Å². The first kappa shape index (κ1) is 11.5. The molecular formula is C15H12N2O2. The minimum atomic E-state index is -0.343. The number of hydrogen-bond donors (Lipinski definition) is 0. The lowest BCUT2D eigenvalue weighted by atomic mass is 10.2. The molecule has 1 aromatic carbocycles. The zero-order valence-corrected chi connectivity index (χ0v) is 10.4. The predicted octanol–water partition coefficient (Wildman–Crippen LogP) is 2.79. The highest BCUT2D eigenvalue weighted by molar-refractivity contribution is 5.90. The van der Waals surface area contributed by atoms with Crippen LogP contribution in [-0.4, -0.2) is 22.5 Å². The van der Waals surface area contributed by atoms with Crippen molar-refractivity contribution >= 4 is 11.5 Å². The number of benzene rings is 1. The van der Waals surface area contributed by atoms with Gasteiger partial charge in [-0.05, 0) is 12.1 Å². The van der Waals surface area contributed by atoms with Gasteiger partial charge in [-0.3, -0.25) is 4.40 Å². The summed E-state index contributed by atoms with van der Waals surface area (Å²) in [4.78, 5) is 15.9. The highest BCUT2D eigenvalue weighted by atomic mass is 16.5. The number of aromatic nitrogens is 2. The molecule has 0 saturated heterocycles. The number of nitrogens with zero attached hydrogens (tertiary/aromatic N) is 2. The second-order valence-electron chi connectivity index (χ2n) is 4.15. The van der Waals surface area contributed by atoms with Crippen molar-refractivity contribution in [3.63, 3.8) is 0 Å². The first-order valence-electron chi connectivity index (χ1n) is 5.90. The van der Waals surface area contributed by atoms with Gasteiger partial charge in [-0.1, -0.05) is 30.3 Å². The molecule has 0 fully saturated rings. The third-order valence-electron chi connectivity index (χ3n) is 2.99. The van der Waals surface area contributed by atoms with E-state index >= 15 is 0 Å². The molecule has 0 saturated carbocycles. The van der Waals surface area contributed by atoms with Crippen LogP contribution in [-0.2, 0) is 4.74 Å². The summed E-state index contributed by atoms with van der Waals surface area (Å²) >= 11 is 0. The Labute approximate surface area is 110 Å². The third kappa shape index (κ3) is 1.97. The molecule has 0 aliphatic rings. The molecule has 94 valence electrons. The number of fused-ring (bicyclic) bond motifs is 1. The van der Waals surface area contributed by atoms with Gasteiger partial charge in [0.2, 0.25) is 0 Å². The van der Waals surface area contributed by atoms with Crippen LogP contribution in [0.2, 0.25) is 0 Å². The number of imidazole rings is 1. The summed E-state index contributed by atoms with van der Waals surface area (Å²) in [6.45, 7) is 0. The third-order valence-corrected chi connectivity index (χ3v) is 2.99. The molecule has 0 spiro atoms. The lowest BCUT2D eigenvalue weighted by molar-refractivity contribution is 0.0601. The summed E-state index contributed by atoms with van der Waals surface area (Å²) in [5.74, 6) is 0.511. The van der Waals surface area contributed by atoms with Crippen LogP contribution in [0.4, 0.5) is 0 Å². The second kappa shape index (κ2) is 4.57. The molecule has 0 amide bonds. The van der Waals surface area contributed by atoms with E-state index in [0.29, 0.717) is 5.56 Å². The average molecular weight is 252 g/mol. The van der Waals surface area contributed by atoms with E-state index in [9.17, 15) is 4.79 Å². The normalized spacial score (nSPS) is 10.6. The van der Waals surface area contributed by atoms with Crippen molar-refractivity contribution in [3.8, 4) is 11.4 Å². The molecule has 2 heterocycles. The molecule has 19 heavy (non-hydrogen) atoms. The molecule has 4 nitrogen and oxygen atoms in total. The molecule has 4 heteroatoms. The van der Waals surface area contributed by atoms with Gasteiger partial charge in [0, 0.05) is 11.8 Å². The number of esters is 1. The minimum absolute atomic E-state index is 0.343. The molecule has 0 atom stereocenters. The van der Waals surface area contributed by atoms with Crippen LogP contribution in [0.15, 0.2) is 54.9 Å². The van der Waals surface area contributed by atoms with E-state index < -0.39 is 0 Å². The Bertz CT molecular complexity index is 732. The van der Waals surface area contributed by atoms with E-state index in [4.69, 9.17) is 4.74 Å². The maximum absolute atomic E-state index is 11.5. The molecule has 3 aromatic rings. The van der Waals surface area contributed by atoms with E-state index in [0.717, 1.165) is 16.9 Å². The number of carbonyl (C=O) groups is 1. The number of ether oxygens (including phenoxy) is 1. The summed E-state index contributed by atoms with van der Waals surface area (Å²) in [7, 11) is 1.37. The number of carbonyl (C=O) groups excluding carboxylic acids is 1. The Hall–Kier alpha value is -2.62. The van der Waals surface area contributed by atoms with Gasteiger partial charge in [0.25, 0.3) is 0 Å². The minimum Gasteiger partial charge on any atom is -0.465 e. The molecule has 3 rings (SSSR count). The molecular weight excluding hydrogens is 240 g/mol. The van der Waals surface area contributed by atoms with Crippen molar-refractivity contribution in [1.29, 1.82) is 0 Å². The molecule has 0 aliphatic heterocycles. The summed E-state index contributed by atoms with van der Waals surface area (Å²) < 4.78 is 6.65. The van der Waals surface area contributed by atoms with Crippen molar-refractivity contribution in [2.24, 2.45) is 0 Å². The Morgan fingerprint density at radius 2 is 2.00 bits per heavy atom. The Morgan fingerprint density at radius 1 is 1.21 bits per heavy atom. The molecule has 0 radical (unpaired) electrons. The Morgan fingerprint density at radius 3 is 2.74 bits per heavy atom. The van der Waals surface area contributed by atoms with Crippen molar-refractivity contribution in [2.45, 2.75) is 0 Å². The predicted molar refractivity (Wildman–Crippen MR) is 72.0 cm³/mol.